The van der Waals surface area contributed by atoms with Crippen molar-refractivity contribution in [1.29, 1.82) is 0 Å². The summed E-state index contributed by atoms with van der Waals surface area (Å²) < 4.78 is 1.83. The first-order chi connectivity index (χ1) is 12.6. The minimum Gasteiger partial charge on any atom is -0.355 e. The minimum absolute atomic E-state index is 0.0175. The number of hydrogen-bond donors (Lipinski definition) is 1. The fourth-order valence-corrected chi connectivity index (χ4v) is 4.01. The Morgan fingerprint density at radius 1 is 1.38 bits per heavy atom. The summed E-state index contributed by atoms with van der Waals surface area (Å²) in [7, 11) is 0. The van der Waals surface area contributed by atoms with Gasteiger partial charge in [0.15, 0.2) is 5.16 Å². The van der Waals surface area contributed by atoms with E-state index in [1.807, 2.05) is 28.8 Å². The van der Waals surface area contributed by atoms with Crippen molar-refractivity contribution in [1.82, 2.24) is 25.0 Å². The van der Waals surface area contributed by atoms with E-state index in [-0.39, 0.29) is 5.91 Å². The van der Waals surface area contributed by atoms with Crippen molar-refractivity contribution in [3.05, 3.63) is 35.6 Å². The molecule has 6 nitrogen and oxygen atoms in total. The Balaban J connectivity index is 1.45. The molecular formula is C18H24ClN5OS. The van der Waals surface area contributed by atoms with E-state index in [1.165, 1.54) is 37.7 Å². The lowest BCUT2D eigenvalue weighted by Gasteiger charge is -2.20. The molecule has 0 aliphatic carbocycles. The highest BCUT2D eigenvalue weighted by atomic mass is 35.5. The van der Waals surface area contributed by atoms with E-state index < -0.39 is 0 Å². The predicted molar refractivity (Wildman–Crippen MR) is 105 cm³/mol. The molecule has 1 unspecified atom stereocenters. The summed E-state index contributed by atoms with van der Waals surface area (Å²) >= 11 is 7.42. The Hall–Kier alpha value is -1.57. The van der Waals surface area contributed by atoms with Crippen molar-refractivity contribution in [3.8, 4) is 5.69 Å². The van der Waals surface area contributed by atoms with Gasteiger partial charge in [0.25, 0.3) is 0 Å². The lowest BCUT2D eigenvalue weighted by Crippen LogP contribution is -2.35. The molecule has 26 heavy (non-hydrogen) atoms. The first kappa shape index (κ1) is 19.2. The van der Waals surface area contributed by atoms with Crippen LogP contribution in [0.5, 0.6) is 0 Å². The van der Waals surface area contributed by atoms with Crippen LogP contribution >= 0.6 is 23.4 Å². The molecule has 140 valence electrons. The van der Waals surface area contributed by atoms with E-state index in [2.05, 4.69) is 27.3 Å². The summed E-state index contributed by atoms with van der Waals surface area (Å²) in [6.07, 6.45) is 4.22. The van der Waals surface area contributed by atoms with Crippen LogP contribution in [0.3, 0.4) is 0 Å². The molecule has 1 N–H and O–H groups in total. The molecule has 3 rings (SSSR count). The van der Waals surface area contributed by atoms with E-state index in [9.17, 15) is 4.79 Å². The average molecular weight is 394 g/mol. The summed E-state index contributed by atoms with van der Waals surface area (Å²) in [6, 6.07) is 7.47. The van der Waals surface area contributed by atoms with Gasteiger partial charge in [0, 0.05) is 18.1 Å². The van der Waals surface area contributed by atoms with Gasteiger partial charge in [-0.3, -0.25) is 9.36 Å². The van der Waals surface area contributed by atoms with Crippen molar-refractivity contribution in [2.75, 3.05) is 31.9 Å². The third kappa shape index (κ3) is 5.46. The number of rotatable bonds is 8. The Labute approximate surface area is 163 Å². The number of halogens is 1. The average Bonchev–Trinajstić information content (AvgIpc) is 3.29. The van der Waals surface area contributed by atoms with Crippen molar-refractivity contribution in [2.45, 2.75) is 24.9 Å². The van der Waals surface area contributed by atoms with Crippen LogP contribution in [0.15, 0.2) is 35.7 Å². The second-order valence-electron chi connectivity index (χ2n) is 6.67. The molecule has 1 fully saturated rings. The highest BCUT2D eigenvalue weighted by Crippen LogP contribution is 2.21. The maximum atomic E-state index is 12.2. The summed E-state index contributed by atoms with van der Waals surface area (Å²) in [4.78, 5) is 14.6. The van der Waals surface area contributed by atoms with Crippen LogP contribution in [0.25, 0.3) is 5.69 Å². The number of benzene rings is 1. The lowest BCUT2D eigenvalue weighted by molar-refractivity contribution is -0.118. The number of carbonyl (C=O) groups excluding carboxylic acids is 1. The molecule has 1 aliphatic rings. The molecule has 1 saturated heterocycles. The van der Waals surface area contributed by atoms with Gasteiger partial charge in [-0.1, -0.05) is 36.4 Å². The molecule has 0 radical (unpaired) electrons. The summed E-state index contributed by atoms with van der Waals surface area (Å²) in [6.45, 7) is 6.31. The first-order valence-electron chi connectivity index (χ1n) is 8.89. The van der Waals surface area contributed by atoms with Crippen molar-refractivity contribution in [2.24, 2.45) is 5.92 Å². The quantitative estimate of drug-likeness (QED) is 0.698. The van der Waals surface area contributed by atoms with Gasteiger partial charge in [-0.15, -0.1) is 10.2 Å². The zero-order chi connectivity index (χ0) is 18.4. The maximum Gasteiger partial charge on any atom is 0.230 e. The normalized spacial score (nSPS) is 15.9. The molecule has 1 aromatic heterocycles. The highest BCUT2D eigenvalue weighted by molar-refractivity contribution is 7.99. The Morgan fingerprint density at radius 3 is 2.96 bits per heavy atom. The Morgan fingerprint density at radius 2 is 2.19 bits per heavy atom. The zero-order valence-corrected chi connectivity index (χ0v) is 16.5. The smallest absolute Gasteiger partial charge is 0.230 e. The van der Waals surface area contributed by atoms with Crippen molar-refractivity contribution in [3.63, 3.8) is 0 Å². The molecule has 2 heterocycles. The summed E-state index contributed by atoms with van der Waals surface area (Å²) in [5, 5.41) is 12.4. The van der Waals surface area contributed by atoms with Gasteiger partial charge < -0.3 is 10.2 Å². The summed E-state index contributed by atoms with van der Waals surface area (Å²) in [5.41, 5.74) is 0.879. The topological polar surface area (TPSA) is 63.1 Å². The Kier molecular flexibility index (Phi) is 6.93. The fourth-order valence-electron chi connectivity index (χ4n) is 3.07. The van der Waals surface area contributed by atoms with Crippen molar-refractivity contribution < 1.29 is 4.79 Å². The van der Waals surface area contributed by atoms with E-state index >= 15 is 0 Å². The largest absolute Gasteiger partial charge is 0.355 e. The third-order valence-electron chi connectivity index (χ3n) is 4.35. The van der Waals surface area contributed by atoms with Gasteiger partial charge in [0.05, 0.1) is 11.4 Å². The number of nitrogens with zero attached hydrogens (tertiary/aromatic N) is 4. The maximum absolute atomic E-state index is 12.2. The van der Waals surface area contributed by atoms with Gasteiger partial charge in [-0.05, 0) is 50.0 Å². The van der Waals surface area contributed by atoms with Gasteiger partial charge in [0.2, 0.25) is 5.91 Å². The van der Waals surface area contributed by atoms with Gasteiger partial charge in [-0.25, -0.2) is 0 Å². The highest BCUT2D eigenvalue weighted by Gasteiger charge is 2.15. The second-order valence-corrected chi connectivity index (χ2v) is 8.05. The van der Waals surface area contributed by atoms with E-state index in [4.69, 9.17) is 11.6 Å². The molecule has 8 heteroatoms. The van der Waals surface area contributed by atoms with Crippen LogP contribution in [0.2, 0.25) is 5.02 Å². The van der Waals surface area contributed by atoms with E-state index in [0.29, 0.717) is 28.4 Å². The third-order valence-corrected chi connectivity index (χ3v) is 5.53. The standard InChI is InChI=1S/C18H24ClN5OS/c1-14(11-23-7-2-3-8-23)10-20-17(25)12-26-18-22-21-13-24(18)16-6-4-5-15(19)9-16/h4-6,9,13-14H,2-3,7-8,10-12H2,1H3,(H,20,25). The van der Waals surface area contributed by atoms with E-state index in [1.54, 1.807) is 6.33 Å². The van der Waals surface area contributed by atoms with E-state index in [0.717, 1.165) is 12.2 Å². The van der Waals surface area contributed by atoms with Crippen LogP contribution < -0.4 is 5.32 Å². The molecule has 2 aromatic rings. The zero-order valence-electron chi connectivity index (χ0n) is 14.9. The first-order valence-corrected chi connectivity index (χ1v) is 10.3. The van der Waals surface area contributed by atoms with Crippen LogP contribution in [-0.2, 0) is 4.79 Å². The number of amides is 1. The van der Waals surface area contributed by atoms with Gasteiger partial charge in [0.1, 0.15) is 6.33 Å². The van der Waals surface area contributed by atoms with Crippen LogP contribution in [-0.4, -0.2) is 57.5 Å². The second kappa shape index (κ2) is 9.39. The van der Waals surface area contributed by atoms with Crippen LogP contribution in [0.1, 0.15) is 19.8 Å². The molecule has 1 amide bonds. The number of carbonyl (C=O) groups is 1. The SMILES string of the molecule is CC(CNC(=O)CSc1nncn1-c1cccc(Cl)c1)CN1CCCC1. The minimum atomic E-state index is 0.0175. The lowest BCUT2D eigenvalue weighted by atomic mass is 10.1. The molecule has 1 aliphatic heterocycles. The fraction of sp³-hybridized carbons (Fsp3) is 0.500. The monoisotopic (exact) mass is 393 g/mol. The molecule has 0 saturated carbocycles. The van der Waals surface area contributed by atoms with Crippen LogP contribution in [0.4, 0.5) is 0 Å². The summed E-state index contributed by atoms with van der Waals surface area (Å²) in [5.74, 6) is 0.788. The molecule has 1 aromatic carbocycles. The number of likely N-dealkylation sites (tertiary alicyclic amines) is 1. The predicted octanol–water partition coefficient (Wildman–Crippen LogP) is 2.86. The molecular weight excluding hydrogens is 370 g/mol. The number of thioether (sulfide) groups is 1. The number of nitrogens with one attached hydrogen (secondary N) is 1. The molecule has 1 atom stereocenters. The molecule has 0 bridgehead atoms. The van der Waals surface area contributed by atoms with Crippen molar-refractivity contribution >= 4 is 29.3 Å². The Bertz CT molecular complexity index is 732. The number of hydrogen-bond acceptors (Lipinski definition) is 5. The van der Waals surface area contributed by atoms with Gasteiger partial charge in [-0.2, -0.15) is 0 Å². The number of aromatic nitrogens is 3. The molecule has 0 spiro atoms. The van der Waals surface area contributed by atoms with Gasteiger partial charge >= 0.3 is 0 Å². The van der Waals surface area contributed by atoms with Crippen LogP contribution in [0, 0.1) is 5.92 Å².